The average Bonchev–Trinajstić information content (AvgIpc) is 3.01. The molecule has 2 nitrogen and oxygen atoms in total. The molecule has 102 valence electrons. The SMILES string of the molecule is Cc1ccccc1N=Cc1ccc(N2CCCC2)cc1. The van der Waals surface area contributed by atoms with Crippen molar-refractivity contribution in [3.05, 3.63) is 59.7 Å². The van der Waals surface area contributed by atoms with Gasteiger partial charge in [-0.2, -0.15) is 0 Å². The predicted octanol–water partition coefficient (Wildman–Crippen LogP) is 4.35. The minimum absolute atomic E-state index is 1.04. The molecule has 0 saturated carbocycles. The molecule has 2 aromatic carbocycles. The third-order valence-electron chi connectivity index (χ3n) is 3.83. The van der Waals surface area contributed by atoms with Gasteiger partial charge in [-0.3, -0.25) is 4.99 Å². The second kappa shape index (κ2) is 5.91. The Hall–Kier alpha value is -2.09. The molecule has 1 heterocycles. The highest BCUT2D eigenvalue weighted by molar-refractivity contribution is 5.83. The first-order chi connectivity index (χ1) is 9.83. The fourth-order valence-electron chi connectivity index (χ4n) is 2.60. The van der Waals surface area contributed by atoms with Crippen LogP contribution in [0.4, 0.5) is 11.4 Å². The Morgan fingerprint density at radius 1 is 0.950 bits per heavy atom. The van der Waals surface area contributed by atoms with Gasteiger partial charge < -0.3 is 4.90 Å². The quantitative estimate of drug-likeness (QED) is 0.753. The van der Waals surface area contributed by atoms with Gasteiger partial charge in [-0.15, -0.1) is 0 Å². The van der Waals surface area contributed by atoms with Crippen LogP contribution in [0.2, 0.25) is 0 Å². The third-order valence-corrected chi connectivity index (χ3v) is 3.83. The highest BCUT2D eigenvalue weighted by atomic mass is 15.1. The minimum atomic E-state index is 1.04. The minimum Gasteiger partial charge on any atom is -0.372 e. The van der Waals surface area contributed by atoms with Gasteiger partial charge in [0, 0.05) is 25.0 Å². The first-order valence-corrected chi connectivity index (χ1v) is 7.28. The Morgan fingerprint density at radius 2 is 1.65 bits per heavy atom. The van der Waals surface area contributed by atoms with Crippen LogP contribution in [-0.4, -0.2) is 19.3 Å². The second-order valence-corrected chi connectivity index (χ2v) is 5.33. The lowest BCUT2D eigenvalue weighted by atomic mass is 10.2. The van der Waals surface area contributed by atoms with Gasteiger partial charge in [0.2, 0.25) is 0 Å². The maximum absolute atomic E-state index is 4.56. The molecular weight excluding hydrogens is 244 g/mol. The molecule has 0 atom stereocenters. The molecule has 1 aliphatic heterocycles. The van der Waals surface area contributed by atoms with Gasteiger partial charge in [0.05, 0.1) is 5.69 Å². The maximum Gasteiger partial charge on any atom is 0.0659 e. The number of para-hydroxylation sites is 1. The van der Waals surface area contributed by atoms with Crippen molar-refractivity contribution in [1.82, 2.24) is 0 Å². The number of aryl methyl sites for hydroxylation is 1. The summed E-state index contributed by atoms with van der Waals surface area (Å²) in [6.07, 6.45) is 4.57. The van der Waals surface area contributed by atoms with Crippen molar-refractivity contribution in [3.8, 4) is 0 Å². The molecule has 3 rings (SSSR count). The number of rotatable bonds is 3. The summed E-state index contributed by atoms with van der Waals surface area (Å²) in [5, 5.41) is 0. The Labute approximate surface area is 120 Å². The average molecular weight is 264 g/mol. The van der Waals surface area contributed by atoms with Crippen molar-refractivity contribution in [1.29, 1.82) is 0 Å². The Balaban J connectivity index is 1.73. The molecule has 1 saturated heterocycles. The Morgan fingerprint density at radius 3 is 2.35 bits per heavy atom. The van der Waals surface area contributed by atoms with Crippen molar-refractivity contribution in [2.24, 2.45) is 4.99 Å². The van der Waals surface area contributed by atoms with Gasteiger partial charge in [0.25, 0.3) is 0 Å². The zero-order chi connectivity index (χ0) is 13.8. The van der Waals surface area contributed by atoms with Crippen molar-refractivity contribution in [2.75, 3.05) is 18.0 Å². The summed E-state index contributed by atoms with van der Waals surface area (Å²) in [6.45, 7) is 4.47. The largest absolute Gasteiger partial charge is 0.372 e. The van der Waals surface area contributed by atoms with Gasteiger partial charge in [-0.25, -0.2) is 0 Å². The lowest BCUT2D eigenvalue weighted by Gasteiger charge is -2.17. The smallest absolute Gasteiger partial charge is 0.0659 e. The zero-order valence-corrected chi connectivity index (χ0v) is 11.9. The number of nitrogens with zero attached hydrogens (tertiary/aromatic N) is 2. The van der Waals surface area contributed by atoms with E-state index in [4.69, 9.17) is 0 Å². The molecule has 0 unspecified atom stereocenters. The fourth-order valence-corrected chi connectivity index (χ4v) is 2.60. The Bertz CT molecular complexity index is 593. The van der Waals surface area contributed by atoms with E-state index in [1.807, 2.05) is 24.4 Å². The molecule has 0 aromatic heterocycles. The van der Waals surface area contributed by atoms with Gasteiger partial charge >= 0.3 is 0 Å². The number of hydrogen-bond acceptors (Lipinski definition) is 2. The first-order valence-electron chi connectivity index (χ1n) is 7.28. The molecular formula is C18H20N2. The molecule has 1 fully saturated rings. The lowest BCUT2D eigenvalue weighted by Crippen LogP contribution is -2.17. The van der Waals surface area contributed by atoms with E-state index in [9.17, 15) is 0 Å². The summed E-state index contributed by atoms with van der Waals surface area (Å²) in [5.41, 5.74) is 4.72. The molecule has 20 heavy (non-hydrogen) atoms. The van der Waals surface area contributed by atoms with E-state index >= 15 is 0 Å². The lowest BCUT2D eigenvalue weighted by molar-refractivity contribution is 0.949. The summed E-state index contributed by atoms with van der Waals surface area (Å²) < 4.78 is 0. The normalized spacial score (nSPS) is 15.2. The Kier molecular flexibility index (Phi) is 3.82. The van der Waals surface area contributed by atoms with E-state index in [2.05, 4.69) is 47.1 Å². The summed E-state index contributed by atoms with van der Waals surface area (Å²) in [7, 11) is 0. The molecule has 2 heteroatoms. The van der Waals surface area contributed by atoms with E-state index in [1.165, 1.54) is 37.2 Å². The summed E-state index contributed by atoms with van der Waals surface area (Å²) in [5.74, 6) is 0. The number of aliphatic imine (C=N–C) groups is 1. The van der Waals surface area contributed by atoms with Crippen LogP contribution in [0.5, 0.6) is 0 Å². The zero-order valence-electron chi connectivity index (χ0n) is 11.9. The number of benzene rings is 2. The fraction of sp³-hybridized carbons (Fsp3) is 0.278. The van der Waals surface area contributed by atoms with Crippen molar-refractivity contribution >= 4 is 17.6 Å². The molecule has 0 N–H and O–H groups in total. The standard InChI is InChI=1S/C18H20N2/c1-15-6-2-3-7-18(15)19-14-16-8-10-17(11-9-16)20-12-4-5-13-20/h2-3,6-11,14H,4-5,12-13H2,1H3. The topological polar surface area (TPSA) is 15.6 Å². The van der Waals surface area contributed by atoms with Gasteiger partial charge in [0.15, 0.2) is 0 Å². The van der Waals surface area contributed by atoms with Crippen LogP contribution in [0.1, 0.15) is 24.0 Å². The van der Waals surface area contributed by atoms with Crippen LogP contribution in [-0.2, 0) is 0 Å². The molecule has 0 bridgehead atoms. The number of hydrogen-bond donors (Lipinski definition) is 0. The summed E-state index contributed by atoms with van der Waals surface area (Å²) in [4.78, 5) is 7.01. The van der Waals surface area contributed by atoms with E-state index in [1.54, 1.807) is 0 Å². The van der Waals surface area contributed by atoms with Crippen LogP contribution in [0.15, 0.2) is 53.5 Å². The summed E-state index contributed by atoms with van der Waals surface area (Å²) >= 11 is 0. The highest BCUT2D eigenvalue weighted by Crippen LogP contribution is 2.21. The van der Waals surface area contributed by atoms with Gasteiger partial charge in [0.1, 0.15) is 0 Å². The van der Waals surface area contributed by atoms with Crippen molar-refractivity contribution in [2.45, 2.75) is 19.8 Å². The monoisotopic (exact) mass is 264 g/mol. The van der Waals surface area contributed by atoms with E-state index < -0.39 is 0 Å². The first kappa shape index (κ1) is 12.9. The molecule has 0 radical (unpaired) electrons. The van der Waals surface area contributed by atoms with Crippen molar-refractivity contribution < 1.29 is 0 Å². The maximum atomic E-state index is 4.56. The second-order valence-electron chi connectivity index (χ2n) is 5.33. The van der Waals surface area contributed by atoms with E-state index in [-0.39, 0.29) is 0 Å². The van der Waals surface area contributed by atoms with Crippen molar-refractivity contribution in [3.63, 3.8) is 0 Å². The summed E-state index contributed by atoms with van der Waals surface area (Å²) in [6, 6.07) is 16.9. The van der Waals surface area contributed by atoms with Crippen LogP contribution < -0.4 is 4.90 Å². The van der Waals surface area contributed by atoms with Gasteiger partial charge in [-0.05, 0) is 49.1 Å². The van der Waals surface area contributed by atoms with Crippen LogP contribution in [0, 0.1) is 6.92 Å². The van der Waals surface area contributed by atoms with Crippen LogP contribution >= 0.6 is 0 Å². The third kappa shape index (κ3) is 2.90. The number of anilines is 1. The molecule has 0 spiro atoms. The molecule has 0 aliphatic carbocycles. The molecule has 1 aliphatic rings. The van der Waals surface area contributed by atoms with Crippen LogP contribution in [0.25, 0.3) is 0 Å². The van der Waals surface area contributed by atoms with Gasteiger partial charge in [-0.1, -0.05) is 30.3 Å². The van der Waals surface area contributed by atoms with E-state index in [0.717, 1.165) is 11.3 Å². The highest BCUT2D eigenvalue weighted by Gasteiger charge is 2.11. The molecule has 2 aromatic rings. The predicted molar refractivity (Wildman–Crippen MR) is 86.3 cm³/mol. The van der Waals surface area contributed by atoms with Crippen LogP contribution in [0.3, 0.4) is 0 Å². The molecule has 0 amide bonds. The van der Waals surface area contributed by atoms with E-state index in [0.29, 0.717) is 0 Å².